The second-order valence-electron chi connectivity index (χ2n) is 4.29. The van der Waals surface area contributed by atoms with Gasteiger partial charge in [-0.3, -0.25) is 0 Å². The zero-order valence-corrected chi connectivity index (χ0v) is 10.5. The molecule has 18 heavy (non-hydrogen) atoms. The molecule has 1 atom stereocenters. The normalized spacial score (nSPS) is 11.6. The summed E-state index contributed by atoms with van der Waals surface area (Å²) in [5.41, 5.74) is 3.63. The fourth-order valence-corrected chi connectivity index (χ4v) is 1.78. The molecule has 1 aromatic carbocycles. The molecule has 1 aromatic heterocycles. The average molecular weight is 237 g/mol. The standard InChI is InChI=1S/C15H15N3/c1-11-5-7-13(8-6-11)12(2)18-14-4-3-9-17-15(14)10-16/h3-9,12,18H,1-2H3. The van der Waals surface area contributed by atoms with Crippen LogP contribution in [0, 0.1) is 18.3 Å². The van der Waals surface area contributed by atoms with E-state index in [1.807, 2.05) is 12.1 Å². The molecule has 2 rings (SSSR count). The monoisotopic (exact) mass is 237 g/mol. The number of aromatic nitrogens is 1. The zero-order chi connectivity index (χ0) is 13.0. The Morgan fingerprint density at radius 1 is 1.22 bits per heavy atom. The van der Waals surface area contributed by atoms with Crippen LogP contribution in [0.5, 0.6) is 0 Å². The minimum atomic E-state index is 0.141. The molecule has 0 spiro atoms. The van der Waals surface area contributed by atoms with Crippen molar-refractivity contribution in [2.24, 2.45) is 0 Å². The second-order valence-corrected chi connectivity index (χ2v) is 4.29. The highest BCUT2D eigenvalue weighted by Gasteiger charge is 2.08. The third-order valence-corrected chi connectivity index (χ3v) is 2.86. The summed E-state index contributed by atoms with van der Waals surface area (Å²) in [5, 5.41) is 12.3. The molecule has 1 heterocycles. The smallest absolute Gasteiger partial charge is 0.163 e. The zero-order valence-electron chi connectivity index (χ0n) is 10.5. The van der Waals surface area contributed by atoms with Crippen molar-refractivity contribution in [3.05, 3.63) is 59.4 Å². The van der Waals surface area contributed by atoms with Gasteiger partial charge >= 0.3 is 0 Å². The van der Waals surface area contributed by atoms with Crippen molar-refractivity contribution in [3.8, 4) is 6.07 Å². The predicted octanol–water partition coefficient (Wildman–Crippen LogP) is 3.43. The van der Waals surface area contributed by atoms with Crippen LogP contribution in [0.2, 0.25) is 0 Å². The molecule has 0 radical (unpaired) electrons. The molecule has 0 aliphatic rings. The molecule has 0 amide bonds. The predicted molar refractivity (Wildman–Crippen MR) is 72.2 cm³/mol. The van der Waals surface area contributed by atoms with Crippen molar-refractivity contribution in [1.29, 1.82) is 5.26 Å². The highest BCUT2D eigenvalue weighted by Crippen LogP contribution is 2.20. The quantitative estimate of drug-likeness (QED) is 0.889. The summed E-state index contributed by atoms with van der Waals surface area (Å²) in [5.74, 6) is 0. The summed E-state index contributed by atoms with van der Waals surface area (Å²) in [6, 6.07) is 14.3. The van der Waals surface area contributed by atoms with Crippen LogP contribution in [0.25, 0.3) is 0 Å². The van der Waals surface area contributed by atoms with Gasteiger partial charge in [-0.25, -0.2) is 4.98 Å². The van der Waals surface area contributed by atoms with Gasteiger partial charge in [0.15, 0.2) is 5.69 Å². The van der Waals surface area contributed by atoms with Crippen LogP contribution in [0.1, 0.15) is 29.8 Å². The van der Waals surface area contributed by atoms with Gasteiger partial charge in [-0.2, -0.15) is 5.26 Å². The number of hydrogen-bond donors (Lipinski definition) is 1. The van der Waals surface area contributed by atoms with Crippen molar-refractivity contribution in [3.63, 3.8) is 0 Å². The van der Waals surface area contributed by atoms with E-state index in [1.54, 1.807) is 6.20 Å². The third kappa shape index (κ3) is 2.67. The number of benzene rings is 1. The van der Waals surface area contributed by atoms with E-state index in [2.05, 4.69) is 54.5 Å². The Balaban J connectivity index is 2.19. The maximum atomic E-state index is 8.99. The van der Waals surface area contributed by atoms with Gasteiger partial charge in [0.05, 0.1) is 5.69 Å². The fraction of sp³-hybridized carbons (Fsp3) is 0.200. The molecule has 0 saturated heterocycles. The first kappa shape index (κ1) is 12.1. The Morgan fingerprint density at radius 2 is 1.94 bits per heavy atom. The molecule has 2 aromatic rings. The lowest BCUT2D eigenvalue weighted by atomic mass is 10.1. The first-order chi connectivity index (χ1) is 8.70. The van der Waals surface area contributed by atoms with Crippen molar-refractivity contribution >= 4 is 5.69 Å². The van der Waals surface area contributed by atoms with E-state index in [0.29, 0.717) is 5.69 Å². The van der Waals surface area contributed by atoms with Crippen LogP contribution in [-0.4, -0.2) is 4.98 Å². The van der Waals surface area contributed by atoms with Crippen LogP contribution in [0.3, 0.4) is 0 Å². The van der Waals surface area contributed by atoms with Gasteiger partial charge in [0, 0.05) is 12.2 Å². The highest BCUT2D eigenvalue weighted by molar-refractivity contribution is 5.54. The first-order valence-corrected chi connectivity index (χ1v) is 5.89. The van der Waals surface area contributed by atoms with E-state index in [0.717, 1.165) is 5.69 Å². The number of rotatable bonds is 3. The topological polar surface area (TPSA) is 48.7 Å². The average Bonchev–Trinajstić information content (AvgIpc) is 2.40. The molecule has 90 valence electrons. The summed E-state index contributed by atoms with van der Waals surface area (Å²) in [6.45, 7) is 4.13. The van der Waals surface area contributed by atoms with Gasteiger partial charge in [0.2, 0.25) is 0 Å². The maximum absolute atomic E-state index is 8.99. The SMILES string of the molecule is Cc1ccc(C(C)Nc2cccnc2C#N)cc1. The minimum Gasteiger partial charge on any atom is -0.376 e. The van der Waals surface area contributed by atoms with E-state index in [4.69, 9.17) is 5.26 Å². The second kappa shape index (κ2) is 5.33. The number of anilines is 1. The van der Waals surface area contributed by atoms with Gasteiger partial charge in [0.1, 0.15) is 6.07 Å². The molecule has 0 fully saturated rings. The number of nitrogens with one attached hydrogen (secondary N) is 1. The summed E-state index contributed by atoms with van der Waals surface area (Å²) < 4.78 is 0. The van der Waals surface area contributed by atoms with Gasteiger partial charge in [-0.15, -0.1) is 0 Å². The van der Waals surface area contributed by atoms with E-state index in [-0.39, 0.29) is 6.04 Å². The molecule has 0 saturated carbocycles. The maximum Gasteiger partial charge on any atom is 0.163 e. The number of nitrogens with zero attached hydrogens (tertiary/aromatic N) is 2. The van der Waals surface area contributed by atoms with Gasteiger partial charge < -0.3 is 5.32 Å². The molecule has 3 nitrogen and oxygen atoms in total. The summed E-state index contributed by atoms with van der Waals surface area (Å²) in [4.78, 5) is 4.03. The van der Waals surface area contributed by atoms with Crippen LogP contribution >= 0.6 is 0 Å². The molecule has 1 unspecified atom stereocenters. The number of aryl methyl sites for hydroxylation is 1. The van der Waals surface area contributed by atoms with Crippen LogP contribution < -0.4 is 5.32 Å². The highest BCUT2D eigenvalue weighted by atomic mass is 14.9. The van der Waals surface area contributed by atoms with Crippen molar-refractivity contribution in [2.75, 3.05) is 5.32 Å². The molecule has 0 aliphatic carbocycles. The third-order valence-electron chi connectivity index (χ3n) is 2.86. The fourth-order valence-electron chi connectivity index (χ4n) is 1.78. The lowest BCUT2D eigenvalue weighted by Gasteiger charge is -2.16. The number of hydrogen-bond acceptors (Lipinski definition) is 3. The molecular weight excluding hydrogens is 222 g/mol. The molecule has 0 aliphatic heterocycles. The molecular formula is C15H15N3. The van der Waals surface area contributed by atoms with Crippen LogP contribution in [0.15, 0.2) is 42.6 Å². The molecule has 0 bridgehead atoms. The Bertz CT molecular complexity index is 567. The van der Waals surface area contributed by atoms with E-state index >= 15 is 0 Å². The lowest BCUT2D eigenvalue weighted by Crippen LogP contribution is -2.08. The van der Waals surface area contributed by atoms with Crippen molar-refractivity contribution in [2.45, 2.75) is 19.9 Å². The Hall–Kier alpha value is -2.34. The Morgan fingerprint density at radius 3 is 2.61 bits per heavy atom. The largest absolute Gasteiger partial charge is 0.376 e. The Kier molecular flexibility index (Phi) is 3.59. The summed E-state index contributed by atoms with van der Waals surface area (Å²) in [7, 11) is 0. The Labute approximate surface area is 107 Å². The van der Waals surface area contributed by atoms with E-state index in [1.165, 1.54) is 11.1 Å². The lowest BCUT2D eigenvalue weighted by molar-refractivity contribution is 0.881. The van der Waals surface area contributed by atoms with Gasteiger partial charge in [-0.05, 0) is 31.5 Å². The molecule has 1 N–H and O–H groups in total. The van der Waals surface area contributed by atoms with E-state index in [9.17, 15) is 0 Å². The number of pyridine rings is 1. The summed E-state index contributed by atoms with van der Waals surface area (Å²) >= 11 is 0. The first-order valence-electron chi connectivity index (χ1n) is 5.89. The van der Waals surface area contributed by atoms with Crippen LogP contribution in [0.4, 0.5) is 5.69 Å². The van der Waals surface area contributed by atoms with E-state index < -0.39 is 0 Å². The van der Waals surface area contributed by atoms with Gasteiger partial charge in [-0.1, -0.05) is 29.8 Å². The van der Waals surface area contributed by atoms with Gasteiger partial charge in [0.25, 0.3) is 0 Å². The number of nitriles is 1. The van der Waals surface area contributed by atoms with Crippen LogP contribution in [-0.2, 0) is 0 Å². The van der Waals surface area contributed by atoms with Crippen molar-refractivity contribution in [1.82, 2.24) is 4.98 Å². The molecule has 3 heteroatoms. The van der Waals surface area contributed by atoms with Crippen molar-refractivity contribution < 1.29 is 0 Å². The summed E-state index contributed by atoms with van der Waals surface area (Å²) in [6.07, 6.45) is 1.63. The minimum absolute atomic E-state index is 0.141.